The van der Waals surface area contributed by atoms with Crippen LogP contribution in [-0.2, 0) is 0 Å². The summed E-state index contributed by atoms with van der Waals surface area (Å²) in [5.41, 5.74) is 15.6. The Morgan fingerprint density at radius 2 is 1.11 bits per heavy atom. The Labute approximate surface area is 320 Å². The van der Waals surface area contributed by atoms with Crippen LogP contribution in [0, 0.1) is 5.41 Å². The summed E-state index contributed by atoms with van der Waals surface area (Å²) in [5.74, 6) is 0. The number of aromatic nitrogens is 3. The van der Waals surface area contributed by atoms with Crippen molar-refractivity contribution in [3.05, 3.63) is 222 Å². The minimum atomic E-state index is 0.431. The molecule has 0 spiro atoms. The van der Waals surface area contributed by atoms with Gasteiger partial charge in [0.25, 0.3) is 0 Å². The van der Waals surface area contributed by atoms with E-state index in [4.69, 9.17) is 9.97 Å². The molecule has 0 amide bonds. The number of rotatable bonds is 8. The summed E-state index contributed by atoms with van der Waals surface area (Å²) >= 11 is 0. The fourth-order valence-corrected chi connectivity index (χ4v) is 7.02. The van der Waals surface area contributed by atoms with Crippen molar-refractivity contribution in [2.24, 2.45) is 0 Å². The van der Waals surface area contributed by atoms with E-state index in [1.54, 1.807) is 6.20 Å². The predicted octanol–water partition coefficient (Wildman–Crippen LogP) is 11.6. The summed E-state index contributed by atoms with van der Waals surface area (Å²) in [5, 5.41) is 13.4. The molecule has 0 saturated carbocycles. The molecule has 1 aliphatic heterocycles. The maximum Gasteiger partial charge on any atom is 0.0899 e. The van der Waals surface area contributed by atoms with Gasteiger partial charge in [0.1, 0.15) is 0 Å². The molecule has 1 aliphatic rings. The Morgan fingerprint density at radius 3 is 1.82 bits per heavy atom. The normalized spacial score (nSPS) is 12.9. The monoisotopic (exact) mass is 705 g/mol. The van der Waals surface area contributed by atoms with Crippen molar-refractivity contribution in [2.45, 2.75) is 0 Å². The Bertz CT molecular complexity index is 2630. The molecule has 0 saturated heterocycles. The molecule has 0 bridgehead atoms. The highest BCUT2D eigenvalue weighted by molar-refractivity contribution is 6.36. The first-order valence-corrected chi connectivity index (χ1v) is 18.3. The second-order valence-electron chi connectivity index (χ2n) is 13.3. The van der Waals surface area contributed by atoms with Gasteiger partial charge in [-0.2, -0.15) is 0 Å². The highest BCUT2D eigenvalue weighted by Crippen LogP contribution is 2.37. The van der Waals surface area contributed by atoms with E-state index >= 15 is 0 Å². The van der Waals surface area contributed by atoms with Crippen LogP contribution in [0.3, 0.4) is 0 Å². The molecule has 5 nitrogen and oxygen atoms in total. The third-order valence-corrected chi connectivity index (χ3v) is 9.83. The van der Waals surface area contributed by atoms with Crippen molar-refractivity contribution in [1.82, 2.24) is 20.3 Å². The van der Waals surface area contributed by atoms with Crippen LogP contribution in [0.25, 0.3) is 68.1 Å². The topological polar surface area (TPSA) is 74.6 Å². The number of fused-ring (bicyclic) bond motifs is 1. The number of hydrogen-bond acceptors (Lipinski definition) is 5. The van der Waals surface area contributed by atoms with E-state index in [-0.39, 0.29) is 0 Å². The van der Waals surface area contributed by atoms with E-state index in [9.17, 15) is 5.41 Å². The van der Waals surface area contributed by atoms with Gasteiger partial charge in [-0.15, -0.1) is 0 Å². The van der Waals surface area contributed by atoms with E-state index in [2.05, 4.69) is 95.2 Å². The van der Waals surface area contributed by atoms with Gasteiger partial charge in [-0.05, 0) is 70.3 Å². The Morgan fingerprint density at radius 1 is 0.455 bits per heavy atom. The fraction of sp³-hybridized carbons (Fsp3) is 0. The number of nitrogens with one attached hydrogen (secondary N) is 2. The highest BCUT2D eigenvalue weighted by atomic mass is 14.9. The van der Waals surface area contributed by atoms with Gasteiger partial charge < -0.3 is 5.32 Å². The summed E-state index contributed by atoms with van der Waals surface area (Å²) in [6.45, 7) is 0. The highest BCUT2D eigenvalue weighted by Gasteiger charge is 2.23. The van der Waals surface area contributed by atoms with Crippen LogP contribution in [0.4, 0.5) is 0 Å². The van der Waals surface area contributed by atoms with Gasteiger partial charge in [0.05, 0.1) is 34.2 Å². The van der Waals surface area contributed by atoms with Crippen LogP contribution < -0.4 is 5.32 Å². The zero-order chi connectivity index (χ0) is 37.0. The van der Waals surface area contributed by atoms with E-state index in [0.717, 1.165) is 89.8 Å². The summed E-state index contributed by atoms with van der Waals surface area (Å²) in [6, 6.07) is 61.5. The van der Waals surface area contributed by atoms with E-state index < -0.39 is 0 Å². The zero-order valence-corrected chi connectivity index (χ0v) is 29.9. The molecule has 0 radical (unpaired) electrons. The standard InChI is InChI=1S/C50H35N5/c51-49(48(37-18-8-3-9-19-37)50-42-21-11-10-20-39(42)30-45(55-50)35-16-6-2-7-17-35)38-25-23-36(24-26-38)43-28-27-40(33-53-43)46-31-41(34-14-4-1-5-15-34)32-47(54-46)44-22-12-13-29-52-44/h1-33,51,55H/b50-48-,51-49?. The van der Waals surface area contributed by atoms with Crippen LogP contribution in [-0.4, -0.2) is 20.7 Å². The average Bonchev–Trinajstić information content (AvgIpc) is 3.27. The molecule has 5 aromatic carbocycles. The summed E-state index contributed by atoms with van der Waals surface area (Å²) in [7, 11) is 0. The van der Waals surface area contributed by atoms with Gasteiger partial charge >= 0.3 is 0 Å². The van der Waals surface area contributed by atoms with Gasteiger partial charge in [0, 0.05) is 45.9 Å². The number of benzene rings is 5. The number of hydrogen-bond donors (Lipinski definition) is 2. The fourth-order valence-electron chi connectivity index (χ4n) is 7.02. The molecule has 0 unspecified atom stereocenters. The molecular weight excluding hydrogens is 671 g/mol. The molecule has 0 atom stereocenters. The van der Waals surface area contributed by atoms with Crippen molar-refractivity contribution >= 4 is 28.8 Å². The van der Waals surface area contributed by atoms with Crippen molar-refractivity contribution in [2.75, 3.05) is 0 Å². The van der Waals surface area contributed by atoms with Gasteiger partial charge in [-0.3, -0.25) is 15.4 Å². The van der Waals surface area contributed by atoms with E-state index in [1.165, 1.54) is 0 Å². The Balaban J connectivity index is 1.05. The van der Waals surface area contributed by atoms with E-state index in [0.29, 0.717) is 5.71 Å². The molecule has 8 aromatic rings. The number of nitrogens with zero attached hydrogens (tertiary/aromatic N) is 3. The van der Waals surface area contributed by atoms with Crippen LogP contribution >= 0.6 is 0 Å². The first-order valence-electron chi connectivity index (χ1n) is 18.3. The quantitative estimate of drug-likeness (QED) is 0.154. The molecule has 5 heteroatoms. The van der Waals surface area contributed by atoms with Crippen molar-refractivity contribution in [3.8, 4) is 45.0 Å². The van der Waals surface area contributed by atoms with E-state index in [1.807, 2.05) is 109 Å². The third kappa shape index (κ3) is 6.90. The Kier molecular flexibility index (Phi) is 9.01. The molecule has 260 valence electrons. The van der Waals surface area contributed by atoms with Crippen LogP contribution in [0.2, 0.25) is 0 Å². The second kappa shape index (κ2) is 14.9. The van der Waals surface area contributed by atoms with Crippen LogP contribution in [0.1, 0.15) is 27.8 Å². The number of pyridine rings is 3. The molecule has 55 heavy (non-hydrogen) atoms. The molecule has 0 fully saturated rings. The SMILES string of the molecule is N=C(/C(=C1\NC(c2ccccc2)=Cc2ccccc21)c1ccccc1)c1ccc(-c2ccc(-c3cc(-c4ccccc4)cc(-c4ccccn4)n3)cn2)cc1. The Hall–Kier alpha value is -7.50. The molecular formula is C50H35N5. The first kappa shape index (κ1) is 33.3. The van der Waals surface area contributed by atoms with Crippen LogP contribution in [0.5, 0.6) is 0 Å². The lowest BCUT2D eigenvalue weighted by molar-refractivity contribution is 1.22. The largest absolute Gasteiger partial charge is 0.354 e. The lowest BCUT2D eigenvalue weighted by Crippen LogP contribution is -2.20. The minimum Gasteiger partial charge on any atom is -0.354 e. The first-order chi connectivity index (χ1) is 27.2. The maximum absolute atomic E-state index is 9.69. The lowest BCUT2D eigenvalue weighted by atomic mass is 9.88. The summed E-state index contributed by atoms with van der Waals surface area (Å²) < 4.78 is 0. The second-order valence-corrected chi connectivity index (χ2v) is 13.3. The molecule has 3 aromatic heterocycles. The van der Waals surface area contributed by atoms with Crippen molar-refractivity contribution in [1.29, 1.82) is 5.41 Å². The molecule has 2 N–H and O–H groups in total. The van der Waals surface area contributed by atoms with Gasteiger partial charge in [0.2, 0.25) is 0 Å². The van der Waals surface area contributed by atoms with Crippen molar-refractivity contribution in [3.63, 3.8) is 0 Å². The zero-order valence-electron chi connectivity index (χ0n) is 29.9. The smallest absolute Gasteiger partial charge is 0.0899 e. The predicted molar refractivity (Wildman–Crippen MR) is 226 cm³/mol. The third-order valence-electron chi connectivity index (χ3n) is 9.83. The van der Waals surface area contributed by atoms with Crippen LogP contribution in [0.15, 0.2) is 194 Å². The molecule has 9 rings (SSSR count). The van der Waals surface area contributed by atoms with Gasteiger partial charge in [-0.25, -0.2) is 4.98 Å². The van der Waals surface area contributed by atoms with Gasteiger partial charge in [-0.1, -0.05) is 146 Å². The minimum absolute atomic E-state index is 0.431. The number of allylic oxidation sites excluding steroid dienone is 1. The van der Waals surface area contributed by atoms with Crippen molar-refractivity contribution < 1.29 is 0 Å². The maximum atomic E-state index is 9.69. The average molecular weight is 706 g/mol. The molecule has 4 heterocycles. The molecule has 0 aliphatic carbocycles. The summed E-state index contributed by atoms with van der Waals surface area (Å²) in [4.78, 5) is 14.5. The van der Waals surface area contributed by atoms with Gasteiger partial charge in [0.15, 0.2) is 0 Å². The lowest BCUT2D eigenvalue weighted by Gasteiger charge is -2.26. The summed E-state index contributed by atoms with van der Waals surface area (Å²) in [6.07, 6.45) is 5.86.